The molecule has 0 atom stereocenters. The molecule has 3 heterocycles. The molecule has 3 heteroatoms. The second kappa shape index (κ2) is 9.87. The van der Waals surface area contributed by atoms with Crippen LogP contribution in [0, 0.1) is 0 Å². The van der Waals surface area contributed by atoms with Crippen molar-refractivity contribution in [2.45, 2.75) is 26.2 Å². The van der Waals surface area contributed by atoms with Crippen molar-refractivity contribution in [1.82, 2.24) is 9.97 Å². The van der Waals surface area contributed by atoms with Crippen LogP contribution in [0.1, 0.15) is 26.3 Å². The maximum atomic E-state index is 6.47. The van der Waals surface area contributed by atoms with Crippen LogP contribution in [0.4, 0.5) is 0 Å². The second-order valence-electron chi connectivity index (χ2n) is 11.6. The minimum atomic E-state index is -0.0713. The van der Waals surface area contributed by atoms with Crippen molar-refractivity contribution in [3.05, 3.63) is 133 Å². The molecular formula is C38H30N2O. The molecule has 7 rings (SSSR count). The van der Waals surface area contributed by atoms with Gasteiger partial charge in [-0.2, -0.15) is 0 Å². The van der Waals surface area contributed by atoms with Gasteiger partial charge in [-0.15, -0.1) is 0 Å². The molecule has 0 aliphatic carbocycles. The molecule has 0 unspecified atom stereocenters. The van der Waals surface area contributed by atoms with E-state index in [1.807, 2.05) is 42.7 Å². The van der Waals surface area contributed by atoms with Crippen LogP contribution in [-0.2, 0) is 5.41 Å². The Morgan fingerprint density at radius 2 is 1.02 bits per heavy atom. The Labute approximate surface area is 240 Å². The number of furan rings is 1. The van der Waals surface area contributed by atoms with Gasteiger partial charge in [-0.25, -0.2) is 0 Å². The van der Waals surface area contributed by atoms with Crippen molar-refractivity contribution >= 4 is 21.8 Å². The van der Waals surface area contributed by atoms with Gasteiger partial charge in [-0.3, -0.25) is 9.97 Å². The predicted molar refractivity (Wildman–Crippen MR) is 170 cm³/mol. The summed E-state index contributed by atoms with van der Waals surface area (Å²) < 4.78 is 6.47. The lowest BCUT2D eigenvalue weighted by molar-refractivity contribution is 0.574. The van der Waals surface area contributed by atoms with Crippen molar-refractivity contribution in [1.29, 1.82) is 0 Å². The Kier molecular flexibility index (Phi) is 6.01. The zero-order valence-corrected chi connectivity index (χ0v) is 23.4. The van der Waals surface area contributed by atoms with Crippen molar-refractivity contribution in [3.8, 4) is 44.9 Å². The lowest BCUT2D eigenvalue weighted by atomic mass is 9.81. The number of rotatable bonds is 4. The first-order valence-corrected chi connectivity index (χ1v) is 14.0. The molecule has 0 saturated carbocycles. The highest BCUT2D eigenvalue weighted by atomic mass is 16.3. The van der Waals surface area contributed by atoms with E-state index >= 15 is 0 Å². The SMILES string of the molecule is CC(C)(C)c1cc(-c2cnc3ccccc3c2)ccc1-c1ccc(-c2ccc(-c3cnc4ccccc4c3)cc2)o1. The van der Waals surface area contributed by atoms with E-state index in [-0.39, 0.29) is 5.41 Å². The molecule has 0 amide bonds. The van der Waals surface area contributed by atoms with E-state index in [1.165, 1.54) is 5.56 Å². The molecule has 3 aromatic heterocycles. The number of hydrogen-bond donors (Lipinski definition) is 0. The monoisotopic (exact) mass is 530 g/mol. The van der Waals surface area contributed by atoms with Crippen LogP contribution in [0.25, 0.3) is 66.7 Å². The number of hydrogen-bond acceptors (Lipinski definition) is 3. The van der Waals surface area contributed by atoms with Gasteiger partial charge in [0.15, 0.2) is 0 Å². The van der Waals surface area contributed by atoms with Gasteiger partial charge in [0.2, 0.25) is 0 Å². The molecule has 0 fully saturated rings. The first-order chi connectivity index (χ1) is 19.9. The fourth-order valence-corrected chi connectivity index (χ4v) is 5.48. The molecular weight excluding hydrogens is 500 g/mol. The molecule has 0 bridgehead atoms. The minimum absolute atomic E-state index is 0.0713. The maximum Gasteiger partial charge on any atom is 0.135 e. The molecule has 0 N–H and O–H groups in total. The summed E-state index contributed by atoms with van der Waals surface area (Å²) in [5.74, 6) is 1.72. The Bertz CT molecular complexity index is 2030. The summed E-state index contributed by atoms with van der Waals surface area (Å²) in [6, 6.07) is 40.1. The van der Waals surface area contributed by atoms with Crippen LogP contribution in [0.3, 0.4) is 0 Å². The van der Waals surface area contributed by atoms with E-state index in [4.69, 9.17) is 4.42 Å². The summed E-state index contributed by atoms with van der Waals surface area (Å²) in [7, 11) is 0. The summed E-state index contributed by atoms with van der Waals surface area (Å²) in [5.41, 5.74) is 9.84. The molecule has 198 valence electrons. The highest BCUT2D eigenvalue weighted by Crippen LogP contribution is 2.39. The smallest absolute Gasteiger partial charge is 0.135 e. The summed E-state index contributed by atoms with van der Waals surface area (Å²) in [6.45, 7) is 6.75. The third-order valence-electron chi connectivity index (χ3n) is 7.72. The molecule has 41 heavy (non-hydrogen) atoms. The molecule has 3 nitrogen and oxygen atoms in total. The van der Waals surface area contributed by atoms with Crippen molar-refractivity contribution in [2.75, 3.05) is 0 Å². The second-order valence-corrected chi connectivity index (χ2v) is 11.6. The van der Waals surface area contributed by atoms with Crippen molar-refractivity contribution < 1.29 is 4.42 Å². The third-order valence-corrected chi connectivity index (χ3v) is 7.72. The van der Waals surface area contributed by atoms with Gasteiger partial charge in [0.25, 0.3) is 0 Å². The summed E-state index contributed by atoms with van der Waals surface area (Å²) in [4.78, 5) is 9.30. The van der Waals surface area contributed by atoms with Crippen molar-refractivity contribution in [2.24, 2.45) is 0 Å². The summed E-state index contributed by atoms with van der Waals surface area (Å²) in [5, 5.41) is 2.28. The van der Waals surface area contributed by atoms with Gasteiger partial charge in [0.05, 0.1) is 11.0 Å². The van der Waals surface area contributed by atoms with Crippen LogP contribution >= 0.6 is 0 Å². The fourth-order valence-electron chi connectivity index (χ4n) is 5.48. The van der Waals surface area contributed by atoms with Crippen LogP contribution in [-0.4, -0.2) is 9.97 Å². The molecule has 7 aromatic rings. The van der Waals surface area contributed by atoms with E-state index in [2.05, 4.69) is 116 Å². The zero-order valence-electron chi connectivity index (χ0n) is 23.4. The molecule has 0 aliphatic rings. The number of pyridine rings is 2. The quantitative estimate of drug-likeness (QED) is 0.227. The molecule has 0 radical (unpaired) electrons. The van der Waals surface area contributed by atoms with E-state index in [0.717, 1.165) is 66.7 Å². The standard InChI is InChI=1S/C38H30N2O/c1-38(2,3)33-22-27(31-21-29-9-5-7-11-35(29)40-24-31)16-17-32(33)37-19-18-36(41-37)26-14-12-25(13-15-26)30-20-28-8-4-6-10-34(28)39-23-30/h4-24H,1-3H3. The van der Waals surface area contributed by atoms with Gasteiger partial charge in [-0.1, -0.05) is 93.6 Å². The summed E-state index contributed by atoms with van der Waals surface area (Å²) >= 11 is 0. The van der Waals surface area contributed by atoms with Crippen LogP contribution < -0.4 is 0 Å². The third kappa shape index (κ3) is 4.81. The largest absolute Gasteiger partial charge is 0.456 e. The van der Waals surface area contributed by atoms with E-state index in [0.29, 0.717) is 0 Å². The van der Waals surface area contributed by atoms with E-state index in [1.54, 1.807) is 0 Å². The average molecular weight is 531 g/mol. The maximum absolute atomic E-state index is 6.47. The number of fused-ring (bicyclic) bond motifs is 2. The highest BCUT2D eigenvalue weighted by Gasteiger charge is 2.22. The van der Waals surface area contributed by atoms with E-state index in [9.17, 15) is 0 Å². The van der Waals surface area contributed by atoms with Gasteiger partial charge >= 0.3 is 0 Å². The van der Waals surface area contributed by atoms with Gasteiger partial charge in [-0.05, 0) is 64.6 Å². The zero-order chi connectivity index (χ0) is 28.0. The summed E-state index contributed by atoms with van der Waals surface area (Å²) in [6.07, 6.45) is 3.90. The Hall–Kier alpha value is -5.02. The minimum Gasteiger partial charge on any atom is -0.456 e. The highest BCUT2D eigenvalue weighted by molar-refractivity contribution is 5.85. The normalized spacial score (nSPS) is 11.8. The fraction of sp³-hybridized carbons (Fsp3) is 0.105. The Morgan fingerprint density at radius 3 is 1.66 bits per heavy atom. The molecule has 0 aliphatic heterocycles. The molecule has 0 spiro atoms. The number of nitrogens with zero attached hydrogens (tertiary/aromatic N) is 2. The topological polar surface area (TPSA) is 38.9 Å². The van der Waals surface area contributed by atoms with Crippen LogP contribution in [0.2, 0.25) is 0 Å². The lowest BCUT2D eigenvalue weighted by Gasteiger charge is -2.23. The number of aromatic nitrogens is 2. The van der Waals surface area contributed by atoms with Crippen molar-refractivity contribution in [3.63, 3.8) is 0 Å². The average Bonchev–Trinajstić information content (AvgIpc) is 3.50. The van der Waals surface area contributed by atoms with Gasteiger partial charge < -0.3 is 4.42 Å². The number of benzene rings is 4. The van der Waals surface area contributed by atoms with Gasteiger partial charge in [0, 0.05) is 45.4 Å². The Morgan fingerprint density at radius 1 is 0.488 bits per heavy atom. The van der Waals surface area contributed by atoms with Gasteiger partial charge in [0.1, 0.15) is 11.5 Å². The first kappa shape index (κ1) is 25.0. The Balaban J connectivity index is 1.21. The molecule has 4 aromatic carbocycles. The lowest BCUT2D eigenvalue weighted by Crippen LogP contribution is -2.12. The number of para-hydroxylation sites is 2. The first-order valence-electron chi connectivity index (χ1n) is 14.0. The van der Waals surface area contributed by atoms with Crippen LogP contribution in [0.5, 0.6) is 0 Å². The van der Waals surface area contributed by atoms with E-state index < -0.39 is 0 Å². The van der Waals surface area contributed by atoms with Crippen LogP contribution in [0.15, 0.2) is 132 Å². The predicted octanol–water partition coefficient (Wildman–Crippen LogP) is 10.3. The molecule has 0 saturated heterocycles.